The SMILES string of the molecule is CSc1ccc(CNc2c(F)cccc2[N+](=O)[O-])cc1. The Balaban J connectivity index is 2.16. The van der Waals surface area contributed by atoms with Crippen LogP contribution in [-0.4, -0.2) is 11.2 Å². The van der Waals surface area contributed by atoms with Gasteiger partial charge in [0, 0.05) is 17.5 Å². The second-order valence-electron chi connectivity index (χ2n) is 4.09. The monoisotopic (exact) mass is 292 g/mol. The van der Waals surface area contributed by atoms with Crippen molar-refractivity contribution < 1.29 is 9.31 Å². The number of nitro groups is 1. The van der Waals surface area contributed by atoms with E-state index in [1.807, 2.05) is 30.5 Å². The van der Waals surface area contributed by atoms with Gasteiger partial charge in [0.25, 0.3) is 5.69 Å². The lowest BCUT2D eigenvalue weighted by molar-refractivity contribution is -0.384. The summed E-state index contributed by atoms with van der Waals surface area (Å²) in [6.07, 6.45) is 1.98. The maximum atomic E-state index is 13.7. The molecule has 0 spiro atoms. The topological polar surface area (TPSA) is 55.2 Å². The van der Waals surface area contributed by atoms with E-state index in [0.29, 0.717) is 6.54 Å². The molecular formula is C14H13FN2O2S. The Morgan fingerprint density at radius 2 is 1.95 bits per heavy atom. The molecular weight excluding hydrogens is 279 g/mol. The average molecular weight is 292 g/mol. The lowest BCUT2D eigenvalue weighted by Gasteiger charge is -2.08. The van der Waals surface area contributed by atoms with E-state index in [-0.39, 0.29) is 11.4 Å². The van der Waals surface area contributed by atoms with Crippen LogP contribution in [0.15, 0.2) is 47.4 Å². The minimum Gasteiger partial charge on any atom is -0.373 e. The van der Waals surface area contributed by atoms with E-state index in [2.05, 4.69) is 5.32 Å². The predicted octanol–water partition coefficient (Wildman–Crippen LogP) is 4.07. The number of hydrogen-bond acceptors (Lipinski definition) is 4. The van der Waals surface area contributed by atoms with Gasteiger partial charge in [-0.05, 0) is 30.0 Å². The summed E-state index contributed by atoms with van der Waals surface area (Å²) >= 11 is 1.63. The third kappa shape index (κ3) is 3.27. The minimum atomic E-state index is -0.625. The Kier molecular flexibility index (Phi) is 4.57. The molecule has 2 rings (SSSR count). The number of hydrogen-bond donors (Lipinski definition) is 1. The number of rotatable bonds is 5. The third-order valence-corrected chi connectivity index (χ3v) is 3.56. The molecule has 0 saturated heterocycles. The average Bonchev–Trinajstić information content (AvgIpc) is 2.46. The van der Waals surface area contributed by atoms with Crippen LogP contribution < -0.4 is 5.32 Å². The molecule has 2 aromatic rings. The Morgan fingerprint density at radius 1 is 1.25 bits per heavy atom. The summed E-state index contributed by atoms with van der Waals surface area (Å²) in [5, 5.41) is 13.7. The molecule has 0 heterocycles. The van der Waals surface area contributed by atoms with Crippen LogP contribution >= 0.6 is 11.8 Å². The summed E-state index contributed by atoms with van der Waals surface area (Å²) < 4.78 is 13.7. The lowest BCUT2D eigenvalue weighted by Crippen LogP contribution is -2.04. The summed E-state index contributed by atoms with van der Waals surface area (Å²) in [5.74, 6) is -0.625. The fourth-order valence-corrected chi connectivity index (χ4v) is 2.18. The van der Waals surface area contributed by atoms with Crippen molar-refractivity contribution in [3.05, 3.63) is 64.0 Å². The molecule has 0 saturated carbocycles. The van der Waals surface area contributed by atoms with Crippen molar-refractivity contribution >= 4 is 23.1 Å². The summed E-state index contributed by atoms with van der Waals surface area (Å²) in [6.45, 7) is 0.330. The normalized spacial score (nSPS) is 10.3. The smallest absolute Gasteiger partial charge is 0.295 e. The number of thioether (sulfide) groups is 1. The Morgan fingerprint density at radius 3 is 2.55 bits per heavy atom. The molecule has 0 aromatic heterocycles. The maximum Gasteiger partial charge on any atom is 0.295 e. The van der Waals surface area contributed by atoms with Gasteiger partial charge in [0.05, 0.1) is 4.92 Å². The molecule has 0 bridgehead atoms. The quantitative estimate of drug-likeness (QED) is 0.513. The van der Waals surface area contributed by atoms with Crippen molar-refractivity contribution in [2.24, 2.45) is 0 Å². The van der Waals surface area contributed by atoms with Gasteiger partial charge in [-0.15, -0.1) is 11.8 Å². The predicted molar refractivity (Wildman–Crippen MR) is 78.6 cm³/mol. The molecule has 4 nitrogen and oxygen atoms in total. The molecule has 0 fully saturated rings. The number of para-hydroxylation sites is 1. The molecule has 1 N–H and O–H groups in total. The first-order valence-electron chi connectivity index (χ1n) is 5.91. The molecule has 2 aromatic carbocycles. The van der Waals surface area contributed by atoms with Crippen LogP contribution in [-0.2, 0) is 6.54 Å². The van der Waals surface area contributed by atoms with E-state index in [0.717, 1.165) is 10.5 Å². The highest BCUT2D eigenvalue weighted by molar-refractivity contribution is 7.98. The van der Waals surface area contributed by atoms with Crippen LogP contribution in [0, 0.1) is 15.9 Å². The van der Waals surface area contributed by atoms with Crippen molar-refractivity contribution in [3.8, 4) is 0 Å². The van der Waals surface area contributed by atoms with Crippen LogP contribution in [0.2, 0.25) is 0 Å². The van der Waals surface area contributed by atoms with Crippen molar-refractivity contribution in [2.45, 2.75) is 11.4 Å². The van der Waals surface area contributed by atoms with Gasteiger partial charge in [-0.25, -0.2) is 4.39 Å². The van der Waals surface area contributed by atoms with E-state index in [9.17, 15) is 14.5 Å². The molecule has 104 valence electrons. The molecule has 0 aliphatic carbocycles. The Bertz CT molecular complexity index is 617. The summed E-state index contributed by atoms with van der Waals surface area (Å²) in [4.78, 5) is 11.4. The molecule has 0 radical (unpaired) electrons. The number of anilines is 1. The molecule has 0 atom stereocenters. The Labute approximate surface area is 120 Å². The van der Waals surface area contributed by atoms with E-state index < -0.39 is 10.7 Å². The fourth-order valence-electron chi connectivity index (χ4n) is 1.77. The van der Waals surface area contributed by atoms with E-state index in [1.54, 1.807) is 11.8 Å². The van der Waals surface area contributed by atoms with Gasteiger partial charge in [-0.2, -0.15) is 0 Å². The van der Waals surface area contributed by atoms with Gasteiger partial charge < -0.3 is 5.32 Å². The molecule has 0 aliphatic rings. The minimum absolute atomic E-state index is 0.0774. The van der Waals surface area contributed by atoms with Crippen LogP contribution in [0.3, 0.4) is 0 Å². The number of nitro benzene ring substituents is 1. The first-order chi connectivity index (χ1) is 9.61. The van der Waals surface area contributed by atoms with E-state index >= 15 is 0 Å². The van der Waals surface area contributed by atoms with Gasteiger partial charge in [0.15, 0.2) is 5.82 Å². The number of halogens is 1. The standard InChI is InChI=1S/C14H13FN2O2S/c1-20-11-7-5-10(6-8-11)9-16-14-12(15)3-2-4-13(14)17(18)19/h2-8,16H,9H2,1H3. The van der Waals surface area contributed by atoms with Gasteiger partial charge >= 0.3 is 0 Å². The highest BCUT2D eigenvalue weighted by Gasteiger charge is 2.17. The van der Waals surface area contributed by atoms with Crippen molar-refractivity contribution in [3.63, 3.8) is 0 Å². The summed E-state index contributed by atoms with van der Waals surface area (Å²) in [5.41, 5.74) is 0.595. The molecule has 6 heteroatoms. The molecule has 0 unspecified atom stereocenters. The number of nitrogens with zero attached hydrogens (tertiary/aromatic N) is 1. The highest BCUT2D eigenvalue weighted by Crippen LogP contribution is 2.27. The summed E-state index contributed by atoms with van der Waals surface area (Å²) in [6, 6.07) is 11.5. The first kappa shape index (κ1) is 14.3. The zero-order valence-electron chi connectivity index (χ0n) is 10.8. The lowest BCUT2D eigenvalue weighted by atomic mass is 10.2. The summed E-state index contributed by atoms with van der Waals surface area (Å²) in [7, 11) is 0. The third-order valence-electron chi connectivity index (χ3n) is 2.82. The maximum absolute atomic E-state index is 13.7. The van der Waals surface area contributed by atoms with Crippen molar-refractivity contribution in [1.29, 1.82) is 0 Å². The molecule has 0 aliphatic heterocycles. The van der Waals surface area contributed by atoms with Crippen LogP contribution in [0.5, 0.6) is 0 Å². The highest BCUT2D eigenvalue weighted by atomic mass is 32.2. The largest absolute Gasteiger partial charge is 0.373 e. The van der Waals surface area contributed by atoms with Crippen LogP contribution in [0.4, 0.5) is 15.8 Å². The van der Waals surface area contributed by atoms with Crippen LogP contribution in [0.25, 0.3) is 0 Å². The Hall–Kier alpha value is -2.08. The van der Waals surface area contributed by atoms with Gasteiger partial charge in [-0.3, -0.25) is 10.1 Å². The van der Waals surface area contributed by atoms with Crippen LogP contribution in [0.1, 0.15) is 5.56 Å². The first-order valence-corrected chi connectivity index (χ1v) is 7.14. The van der Waals surface area contributed by atoms with Gasteiger partial charge in [0.2, 0.25) is 0 Å². The second-order valence-corrected chi connectivity index (χ2v) is 4.97. The fraction of sp³-hybridized carbons (Fsp3) is 0.143. The zero-order valence-corrected chi connectivity index (χ0v) is 11.6. The van der Waals surface area contributed by atoms with Gasteiger partial charge in [0.1, 0.15) is 5.69 Å². The van der Waals surface area contributed by atoms with Crippen molar-refractivity contribution in [1.82, 2.24) is 0 Å². The van der Waals surface area contributed by atoms with E-state index in [4.69, 9.17) is 0 Å². The number of nitrogens with one attached hydrogen (secondary N) is 1. The second kappa shape index (κ2) is 6.38. The van der Waals surface area contributed by atoms with Crippen molar-refractivity contribution in [2.75, 3.05) is 11.6 Å². The van der Waals surface area contributed by atoms with E-state index in [1.165, 1.54) is 18.2 Å². The molecule has 20 heavy (non-hydrogen) atoms. The molecule has 0 amide bonds. The zero-order chi connectivity index (χ0) is 14.5. The number of benzene rings is 2. The van der Waals surface area contributed by atoms with Gasteiger partial charge in [-0.1, -0.05) is 18.2 Å².